The molecule has 2 aromatic heterocycles. The molecule has 0 N–H and O–H groups in total. The van der Waals surface area contributed by atoms with Crippen LogP contribution in [0.15, 0.2) is 73.1 Å². The summed E-state index contributed by atoms with van der Waals surface area (Å²) in [6, 6.07) is 22.6. The fourth-order valence-corrected chi connectivity index (χ4v) is 7.09. The van der Waals surface area contributed by atoms with Crippen molar-refractivity contribution < 1.29 is 0 Å². The van der Waals surface area contributed by atoms with Gasteiger partial charge in [0.15, 0.2) is 0 Å². The first-order chi connectivity index (χ1) is 21.7. The van der Waals surface area contributed by atoms with Gasteiger partial charge in [0, 0.05) is 12.4 Å². The number of aryl methyl sites for hydroxylation is 2. The van der Waals surface area contributed by atoms with E-state index in [2.05, 4.69) is 96.3 Å². The molecule has 4 aromatic rings. The Balaban J connectivity index is 1.23. The average Bonchev–Trinajstić information content (AvgIpc) is 3.77. The van der Waals surface area contributed by atoms with Crippen LogP contribution >= 0.6 is 0 Å². The zero-order valence-corrected chi connectivity index (χ0v) is 27.7. The van der Waals surface area contributed by atoms with Crippen LogP contribution in [-0.2, 0) is 18.3 Å². The van der Waals surface area contributed by atoms with Crippen molar-refractivity contribution in [3.8, 4) is 11.4 Å². The third-order valence-corrected chi connectivity index (χ3v) is 9.91. The summed E-state index contributed by atoms with van der Waals surface area (Å²) in [4.78, 5) is 0. The normalized spacial score (nSPS) is 14.7. The Bertz CT molecular complexity index is 1260. The molecule has 236 valence electrons. The molecule has 2 aromatic carbocycles. The molecule has 4 nitrogen and oxygen atoms in total. The lowest BCUT2D eigenvalue weighted by Crippen LogP contribution is -2.32. The number of unbranched alkanes of at least 4 members (excludes halogenated alkanes) is 10. The van der Waals surface area contributed by atoms with Gasteiger partial charge in [-0.1, -0.05) is 122 Å². The molecule has 0 aliphatic heterocycles. The van der Waals surface area contributed by atoms with E-state index in [1.807, 2.05) is 0 Å². The summed E-state index contributed by atoms with van der Waals surface area (Å²) in [5.74, 6) is 0. The van der Waals surface area contributed by atoms with Crippen LogP contribution in [0.4, 0.5) is 0 Å². The van der Waals surface area contributed by atoms with Gasteiger partial charge < -0.3 is 0 Å². The van der Waals surface area contributed by atoms with E-state index in [0.29, 0.717) is 0 Å². The minimum Gasteiger partial charge on any atom is -0.241 e. The number of hydrogen-bond donors (Lipinski definition) is 0. The molecule has 0 spiro atoms. The fraction of sp³-hybridized carbons (Fsp3) is 0.550. The fourth-order valence-electron chi connectivity index (χ4n) is 7.09. The highest BCUT2D eigenvalue weighted by molar-refractivity contribution is 5.39. The highest BCUT2D eigenvalue weighted by atomic mass is 15.3. The second-order valence-electron chi connectivity index (χ2n) is 13.3. The van der Waals surface area contributed by atoms with Crippen molar-refractivity contribution in [2.75, 3.05) is 0 Å². The molecule has 0 amide bonds. The monoisotopic (exact) mass is 592 g/mol. The third kappa shape index (κ3) is 8.52. The van der Waals surface area contributed by atoms with E-state index in [4.69, 9.17) is 10.2 Å². The molecule has 0 saturated heterocycles. The summed E-state index contributed by atoms with van der Waals surface area (Å²) in [7, 11) is 0. The number of nitrogens with zero attached hydrogens (tertiary/aromatic N) is 4. The molecule has 4 heteroatoms. The standard InChI is InChI=1S/C40H56N4/c1-3-5-7-9-11-14-18-34-20-24-36(25-21-34)43-32-28-38(41-43)40(30-16-13-17-31-40)39-29-33-44(42-39)37-26-22-35(23-27-37)19-15-12-10-8-6-4-2/h20-29,32-33H,3-19,30-31H2,1-2H3. The molecule has 44 heavy (non-hydrogen) atoms. The summed E-state index contributed by atoms with van der Waals surface area (Å²) < 4.78 is 4.14. The van der Waals surface area contributed by atoms with E-state index in [1.54, 1.807) is 0 Å². The quantitative estimate of drug-likeness (QED) is 0.108. The molecule has 0 radical (unpaired) electrons. The second-order valence-corrected chi connectivity index (χ2v) is 13.3. The maximum absolute atomic E-state index is 5.20. The van der Waals surface area contributed by atoms with Crippen LogP contribution in [-0.4, -0.2) is 19.6 Å². The van der Waals surface area contributed by atoms with Gasteiger partial charge in [-0.25, -0.2) is 9.36 Å². The zero-order chi connectivity index (χ0) is 30.5. The Morgan fingerprint density at radius 2 is 0.909 bits per heavy atom. The minimum atomic E-state index is -0.121. The molecular weight excluding hydrogens is 536 g/mol. The molecule has 0 unspecified atom stereocenters. The molecule has 1 aliphatic carbocycles. The van der Waals surface area contributed by atoms with Gasteiger partial charge in [0.25, 0.3) is 0 Å². The zero-order valence-electron chi connectivity index (χ0n) is 27.7. The molecule has 0 atom stereocenters. The van der Waals surface area contributed by atoms with Crippen molar-refractivity contribution in [3.63, 3.8) is 0 Å². The van der Waals surface area contributed by atoms with Gasteiger partial charge in [0.05, 0.1) is 28.2 Å². The summed E-state index contributed by atoms with van der Waals surface area (Å²) in [5, 5.41) is 10.4. The second kappa shape index (κ2) is 16.8. The molecule has 1 aliphatic rings. The largest absolute Gasteiger partial charge is 0.241 e. The lowest BCUT2D eigenvalue weighted by molar-refractivity contribution is 0.328. The number of aromatic nitrogens is 4. The van der Waals surface area contributed by atoms with E-state index in [1.165, 1.54) is 120 Å². The summed E-state index contributed by atoms with van der Waals surface area (Å²) in [5.41, 5.74) is 7.34. The number of rotatable bonds is 18. The Hall–Kier alpha value is -3.14. The predicted octanol–water partition coefficient (Wildman–Crippen LogP) is 11.1. The topological polar surface area (TPSA) is 35.6 Å². The van der Waals surface area contributed by atoms with Crippen LogP contribution in [0.25, 0.3) is 11.4 Å². The molecule has 5 rings (SSSR count). The summed E-state index contributed by atoms with van der Waals surface area (Å²) in [6.07, 6.45) is 28.7. The molecule has 1 saturated carbocycles. The lowest BCUT2D eigenvalue weighted by Gasteiger charge is -2.34. The maximum atomic E-state index is 5.20. The van der Waals surface area contributed by atoms with E-state index < -0.39 is 0 Å². The number of hydrogen-bond acceptors (Lipinski definition) is 2. The average molecular weight is 593 g/mol. The molecule has 0 bridgehead atoms. The highest BCUT2D eigenvalue weighted by Crippen LogP contribution is 2.43. The van der Waals surface area contributed by atoms with Crippen LogP contribution in [0.5, 0.6) is 0 Å². The lowest BCUT2D eigenvalue weighted by atomic mass is 9.69. The Kier molecular flexibility index (Phi) is 12.3. The van der Waals surface area contributed by atoms with E-state index in [9.17, 15) is 0 Å². The predicted molar refractivity (Wildman–Crippen MR) is 185 cm³/mol. The van der Waals surface area contributed by atoms with E-state index >= 15 is 0 Å². The minimum absolute atomic E-state index is 0.121. The third-order valence-electron chi connectivity index (χ3n) is 9.91. The van der Waals surface area contributed by atoms with Crippen LogP contribution < -0.4 is 0 Å². The van der Waals surface area contributed by atoms with Gasteiger partial charge >= 0.3 is 0 Å². The molecule has 2 heterocycles. The van der Waals surface area contributed by atoms with E-state index in [0.717, 1.165) is 35.6 Å². The SMILES string of the molecule is CCCCCCCCc1ccc(-n2ccc(C3(c4ccn(-c5ccc(CCCCCCCC)cc5)n4)CCCCC3)n2)cc1. The Morgan fingerprint density at radius 3 is 1.34 bits per heavy atom. The Labute approximate surface area is 267 Å². The highest BCUT2D eigenvalue weighted by Gasteiger charge is 2.40. The summed E-state index contributed by atoms with van der Waals surface area (Å²) in [6.45, 7) is 4.56. The van der Waals surface area contributed by atoms with E-state index in [-0.39, 0.29) is 5.41 Å². The van der Waals surface area contributed by atoms with Crippen LogP contribution in [0.3, 0.4) is 0 Å². The van der Waals surface area contributed by atoms with Crippen molar-refractivity contribution in [1.29, 1.82) is 0 Å². The van der Waals surface area contributed by atoms with Gasteiger partial charge in [0.1, 0.15) is 0 Å². The number of benzene rings is 2. The summed E-state index contributed by atoms with van der Waals surface area (Å²) >= 11 is 0. The van der Waals surface area contributed by atoms with Crippen molar-refractivity contribution in [2.24, 2.45) is 0 Å². The van der Waals surface area contributed by atoms with Gasteiger partial charge in [-0.3, -0.25) is 0 Å². The van der Waals surface area contributed by atoms with Gasteiger partial charge in [-0.05, 0) is 86.1 Å². The Morgan fingerprint density at radius 1 is 0.500 bits per heavy atom. The van der Waals surface area contributed by atoms with Crippen LogP contribution in [0.2, 0.25) is 0 Å². The van der Waals surface area contributed by atoms with Crippen LogP contribution in [0, 0.1) is 0 Å². The van der Waals surface area contributed by atoms with Crippen molar-refractivity contribution in [1.82, 2.24) is 19.6 Å². The molecule has 1 fully saturated rings. The van der Waals surface area contributed by atoms with Crippen LogP contribution in [0.1, 0.15) is 146 Å². The van der Waals surface area contributed by atoms with Gasteiger partial charge in [-0.2, -0.15) is 10.2 Å². The van der Waals surface area contributed by atoms with Crippen molar-refractivity contribution in [3.05, 3.63) is 95.6 Å². The maximum Gasteiger partial charge on any atom is 0.0751 e. The van der Waals surface area contributed by atoms with Crippen molar-refractivity contribution >= 4 is 0 Å². The first-order valence-corrected chi connectivity index (χ1v) is 18.0. The van der Waals surface area contributed by atoms with Gasteiger partial charge in [-0.15, -0.1) is 0 Å². The first-order valence-electron chi connectivity index (χ1n) is 18.0. The van der Waals surface area contributed by atoms with Crippen molar-refractivity contribution in [2.45, 2.75) is 141 Å². The smallest absolute Gasteiger partial charge is 0.0751 e. The van der Waals surface area contributed by atoms with Gasteiger partial charge in [0.2, 0.25) is 0 Å². The first kappa shape index (κ1) is 32.3. The molecular formula is C40H56N4.